The number of amides is 2. The Morgan fingerprint density at radius 3 is 2.76 bits per heavy atom. The maximum Gasteiger partial charge on any atom is 0.315 e. The van der Waals surface area contributed by atoms with Gasteiger partial charge in [-0.3, -0.25) is 0 Å². The molecule has 3 N–H and O–H groups in total. The van der Waals surface area contributed by atoms with Crippen molar-refractivity contribution in [1.29, 1.82) is 0 Å². The summed E-state index contributed by atoms with van der Waals surface area (Å²) in [5, 5.41) is 8.97. The summed E-state index contributed by atoms with van der Waals surface area (Å²) in [6, 6.07) is 0.283. The van der Waals surface area contributed by atoms with Crippen LogP contribution in [0.15, 0.2) is 0 Å². The molecule has 0 radical (unpaired) electrons. The van der Waals surface area contributed by atoms with Gasteiger partial charge in [0.2, 0.25) is 0 Å². The fourth-order valence-electron chi connectivity index (χ4n) is 1.66. The van der Waals surface area contributed by atoms with Gasteiger partial charge in [0.15, 0.2) is 0 Å². The van der Waals surface area contributed by atoms with E-state index in [0.29, 0.717) is 6.54 Å². The van der Waals surface area contributed by atoms with E-state index in [1.54, 1.807) is 0 Å². The molecule has 0 aromatic rings. The van der Waals surface area contributed by atoms with Crippen molar-refractivity contribution in [2.24, 2.45) is 5.41 Å². The zero-order valence-corrected chi connectivity index (χ0v) is 11.2. The van der Waals surface area contributed by atoms with Crippen molar-refractivity contribution in [3.8, 4) is 11.8 Å². The van der Waals surface area contributed by atoms with Crippen LogP contribution in [0, 0.1) is 17.3 Å². The molecule has 4 nitrogen and oxygen atoms in total. The molecule has 1 rings (SSSR count). The summed E-state index contributed by atoms with van der Waals surface area (Å²) in [4.78, 5) is 11.3. The van der Waals surface area contributed by atoms with Crippen molar-refractivity contribution in [3.63, 3.8) is 0 Å². The van der Waals surface area contributed by atoms with E-state index < -0.39 is 0 Å². The van der Waals surface area contributed by atoms with Crippen molar-refractivity contribution in [2.75, 3.05) is 13.1 Å². The lowest BCUT2D eigenvalue weighted by molar-refractivity contribution is 0.238. The molecule has 1 fully saturated rings. The van der Waals surface area contributed by atoms with Crippen LogP contribution in [0.3, 0.4) is 0 Å². The van der Waals surface area contributed by atoms with Crippen LogP contribution >= 0.6 is 0 Å². The average molecular weight is 237 g/mol. The fourth-order valence-corrected chi connectivity index (χ4v) is 1.66. The third-order valence-electron chi connectivity index (χ3n) is 2.42. The molecule has 0 saturated carbocycles. The smallest absolute Gasteiger partial charge is 0.315 e. The van der Waals surface area contributed by atoms with Gasteiger partial charge in [-0.2, -0.15) is 0 Å². The quantitative estimate of drug-likeness (QED) is 0.630. The summed E-state index contributed by atoms with van der Waals surface area (Å²) < 4.78 is 0. The third-order valence-corrected chi connectivity index (χ3v) is 2.42. The molecule has 2 atom stereocenters. The molecule has 0 spiro atoms. The van der Waals surface area contributed by atoms with Gasteiger partial charge in [0, 0.05) is 24.5 Å². The first-order valence-electron chi connectivity index (χ1n) is 6.21. The van der Waals surface area contributed by atoms with Gasteiger partial charge in [-0.15, -0.1) is 0 Å². The summed E-state index contributed by atoms with van der Waals surface area (Å²) in [6.07, 6.45) is 0.875. The van der Waals surface area contributed by atoms with Crippen LogP contribution in [0.5, 0.6) is 0 Å². The number of hydrogen-bond acceptors (Lipinski definition) is 2. The Morgan fingerprint density at radius 2 is 2.18 bits per heavy atom. The first kappa shape index (κ1) is 13.9. The van der Waals surface area contributed by atoms with Gasteiger partial charge in [-0.1, -0.05) is 11.8 Å². The maximum atomic E-state index is 11.3. The van der Waals surface area contributed by atoms with E-state index >= 15 is 0 Å². The minimum atomic E-state index is -0.0938. The second kappa shape index (κ2) is 5.92. The summed E-state index contributed by atoms with van der Waals surface area (Å²) >= 11 is 0. The van der Waals surface area contributed by atoms with Crippen LogP contribution < -0.4 is 16.0 Å². The first-order valence-corrected chi connectivity index (χ1v) is 6.21. The van der Waals surface area contributed by atoms with E-state index in [2.05, 4.69) is 48.6 Å². The average Bonchev–Trinajstić information content (AvgIpc) is 2.62. The van der Waals surface area contributed by atoms with Gasteiger partial charge in [0.1, 0.15) is 0 Å². The molecular formula is C13H23N3O. The molecule has 0 aromatic carbocycles. The zero-order chi connectivity index (χ0) is 12.9. The standard InChI is InChI=1S/C13H23N3O/c1-5-14-12(17)16-11-8-10(15-9-11)6-7-13(2,3)4/h10-11,15H,5,8-9H2,1-4H3,(H2,14,16,17)/t10-,11-/m1/s1. The lowest BCUT2D eigenvalue weighted by Gasteiger charge is -2.11. The molecular weight excluding hydrogens is 214 g/mol. The van der Waals surface area contributed by atoms with Crippen molar-refractivity contribution in [3.05, 3.63) is 0 Å². The summed E-state index contributed by atoms with van der Waals surface area (Å²) in [7, 11) is 0. The van der Waals surface area contributed by atoms with Gasteiger partial charge in [0.25, 0.3) is 0 Å². The molecule has 1 aliphatic heterocycles. The van der Waals surface area contributed by atoms with E-state index in [9.17, 15) is 4.79 Å². The van der Waals surface area contributed by atoms with E-state index in [1.165, 1.54) is 0 Å². The SMILES string of the molecule is CCNC(=O)N[C@H]1CN[C@H](C#CC(C)(C)C)C1. The highest BCUT2D eigenvalue weighted by atomic mass is 16.2. The fraction of sp³-hybridized carbons (Fsp3) is 0.769. The molecule has 1 aliphatic rings. The summed E-state index contributed by atoms with van der Waals surface area (Å²) in [6.45, 7) is 9.64. The summed E-state index contributed by atoms with van der Waals surface area (Å²) in [5.74, 6) is 6.45. The van der Waals surface area contributed by atoms with Gasteiger partial charge < -0.3 is 16.0 Å². The lowest BCUT2D eigenvalue weighted by Crippen LogP contribution is -2.42. The third kappa shape index (κ3) is 5.60. The maximum absolute atomic E-state index is 11.3. The van der Waals surface area contributed by atoms with Crippen molar-refractivity contribution in [1.82, 2.24) is 16.0 Å². The minimum Gasteiger partial charge on any atom is -0.338 e. The van der Waals surface area contributed by atoms with Crippen LogP contribution in [-0.2, 0) is 0 Å². The molecule has 1 heterocycles. The normalized spacial score (nSPS) is 23.8. The molecule has 0 aliphatic carbocycles. The van der Waals surface area contributed by atoms with Gasteiger partial charge in [-0.05, 0) is 34.1 Å². The highest BCUT2D eigenvalue weighted by Gasteiger charge is 2.23. The number of rotatable bonds is 2. The van der Waals surface area contributed by atoms with Crippen LogP contribution in [0.1, 0.15) is 34.1 Å². The Labute approximate surface area is 104 Å². The van der Waals surface area contributed by atoms with Crippen LogP contribution in [0.2, 0.25) is 0 Å². The molecule has 4 heteroatoms. The number of nitrogens with one attached hydrogen (secondary N) is 3. The zero-order valence-electron chi connectivity index (χ0n) is 11.2. The molecule has 96 valence electrons. The van der Waals surface area contributed by atoms with Gasteiger partial charge in [0.05, 0.1) is 6.04 Å². The number of hydrogen-bond donors (Lipinski definition) is 3. The monoisotopic (exact) mass is 237 g/mol. The van der Waals surface area contributed by atoms with Crippen LogP contribution in [0.25, 0.3) is 0 Å². The highest BCUT2D eigenvalue weighted by Crippen LogP contribution is 2.12. The number of carbonyl (C=O) groups is 1. The Hall–Kier alpha value is -1.21. The van der Waals surface area contributed by atoms with Gasteiger partial charge >= 0.3 is 6.03 Å². The molecule has 17 heavy (non-hydrogen) atoms. The molecule has 0 aromatic heterocycles. The predicted molar refractivity (Wildman–Crippen MR) is 69.6 cm³/mol. The van der Waals surface area contributed by atoms with E-state index in [4.69, 9.17) is 0 Å². The Bertz CT molecular complexity index is 322. The molecule has 0 unspecified atom stereocenters. The number of carbonyl (C=O) groups excluding carboxylic acids is 1. The Balaban J connectivity index is 2.37. The number of urea groups is 1. The molecule has 1 saturated heterocycles. The van der Waals surface area contributed by atoms with Crippen LogP contribution in [-0.4, -0.2) is 31.2 Å². The van der Waals surface area contributed by atoms with Crippen molar-refractivity contribution in [2.45, 2.75) is 46.2 Å². The lowest BCUT2D eigenvalue weighted by atomic mass is 9.97. The first-order chi connectivity index (χ1) is 7.90. The van der Waals surface area contributed by atoms with Crippen molar-refractivity contribution >= 4 is 6.03 Å². The highest BCUT2D eigenvalue weighted by molar-refractivity contribution is 5.74. The predicted octanol–water partition coefficient (Wildman–Crippen LogP) is 1.09. The molecule has 0 bridgehead atoms. The second-order valence-corrected chi connectivity index (χ2v) is 5.42. The van der Waals surface area contributed by atoms with E-state index in [1.807, 2.05) is 6.92 Å². The van der Waals surface area contributed by atoms with E-state index in [-0.39, 0.29) is 23.5 Å². The summed E-state index contributed by atoms with van der Waals surface area (Å²) in [5.41, 5.74) is 0.0345. The Morgan fingerprint density at radius 1 is 1.47 bits per heavy atom. The largest absolute Gasteiger partial charge is 0.338 e. The topological polar surface area (TPSA) is 53.2 Å². The van der Waals surface area contributed by atoms with Crippen LogP contribution in [0.4, 0.5) is 4.79 Å². The molecule has 2 amide bonds. The second-order valence-electron chi connectivity index (χ2n) is 5.42. The van der Waals surface area contributed by atoms with E-state index in [0.717, 1.165) is 13.0 Å². The minimum absolute atomic E-state index is 0.0345. The van der Waals surface area contributed by atoms with Crippen molar-refractivity contribution < 1.29 is 4.79 Å². The van der Waals surface area contributed by atoms with Gasteiger partial charge in [-0.25, -0.2) is 4.79 Å². The Kier molecular flexibility index (Phi) is 4.83.